The Kier molecular flexibility index (Phi) is 4.65. The quantitative estimate of drug-likeness (QED) is 0.868. The Morgan fingerprint density at radius 1 is 1.35 bits per heavy atom. The molecule has 0 radical (unpaired) electrons. The first-order valence-corrected chi connectivity index (χ1v) is 7.27. The number of nitrogens with one attached hydrogen (secondary N) is 1. The molecule has 0 heterocycles. The maximum absolute atomic E-state index is 12.0. The summed E-state index contributed by atoms with van der Waals surface area (Å²) in [4.78, 5) is 13.6. The number of aliphatic hydroxyl groups is 1. The Morgan fingerprint density at radius 2 is 1.95 bits per heavy atom. The van der Waals surface area contributed by atoms with Gasteiger partial charge in [-0.25, -0.2) is 4.79 Å². The highest BCUT2D eigenvalue weighted by Gasteiger charge is 2.31. The van der Waals surface area contributed by atoms with Gasteiger partial charge in [0, 0.05) is 19.3 Å². The Balaban J connectivity index is 1.86. The van der Waals surface area contributed by atoms with Crippen LogP contribution in [0, 0.1) is 5.92 Å². The lowest BCUT2D eigenvalue weighted by Crippen LogP contribution is -2.37. The molecule has 2 N–H and O–H groups in total. The molecule has 1 saturated carbocycles. The van der Waals surface area contributed by atoms with Crippen molar-refractivity contribution in [2.45, 2.75) is 38.7 Å². The van der Waals surface area contributed by atoms with Crippen LogP contribution in [-0.4, -0.2) is 35.7 Å². The molecule has 1 fully saturated rings. The lowest BCUT2D eigenvalue weighted by molar-refractivity contribution is 0.117. The normalized spacial score (nSPS) is 16.1. The number of anilines is 1. The van der Waals surface area contributed by atoms with Crippen LogP contribution in [0.25, 0.3) is 0 Å². The Hall–Kier alpha value is -1.55. The summed E-state index contributed by atoms with van der Waals surface area (Å²) in [6, 6.07) is 7.71. The van der Waals surface area contributed by atoms with Gasteiger partial charge in [0.2, 0.25) is 0 Å². The van der Waals surface area contributed by atoms with Crippen LogP contribution in [0.15, 0.2) is 24.3 Å². The van der Waals surface area contributed by atoms with Gasteiger partial charge in [0.25, 0.3) is 0 Å². The fraction of sp³-hybridized carbons (Fsp3) is 0.562. The number of likely N-dealkylation sites (N-methyl/N-ethyl adjacent to an activating group) is 1. The average molecular weight is 276 g/mol. The first-order valence-electron chi connectivity index (χ1n) is 7.27. The maximum atomic E-state index is 12.0. The summed E-state index contributed by atoms with van der Waals surface area (Å²) in [6.07, 6.45) is 1.76. The molecule has 1 aromatic carbocycles. The number of carbonyl (C=O) groups excluding carboxylic acids is 1. The third-order valence-electron chi connectivity index (χ3n) is 3.80. The summed E-state index contributed by atoms with van der Waals surface area (Å²) < 4.78 is 0. The van der Waals surface area contributed by atoms with Crippen molar-refractivity contribution in [2.24, 2.45) is 5.92 Å². The molecule has 1 atom stereocenters. The molecule has 2 amide bonds. The molecular formula is C16H24N2O2. The molecule has 20 heavy (non-hydrogen) atoms. The van der Waals surface area contributed by atoms with E-state index in [0.717, 1.165) is 18.5 Å². The fourth-order valence-electron chi connectivity index (χ4n) is 2.16. The first kappa shape index (κ1) is 14.9. The second kappa shape index (κ2) is 6.27. The number of aliphatic hydroxyl groups excluding tert-OH is 1. The van der Waals surface area contributed by atoms with Crippen LogP contribution in [-0.2, 0) is 0 Å². The molecule has 1 aliphatic carbocycles. The van der Waals surface area contributed by atoms with E-state index >= 15 is 0 Å². The third-order valence-corrected chi connectivity index (χ3v) is 3.80. The number of carbonyl (C=O) groups is 1. The lowest BCUT2D eigenvalue weighted by Gasteiger charge is -2.21. The summed E-state index contributed by atoms with van der Waals surface area (Å²) in [6.45, 7) is 4.67. The van der Waals surface area contributed by atoms with Gasteiger partial charge in [0.15, 0.2) is 0 Å². The van der Waals surface area contributed by atoms with Crippen molar-refractivity contribution in [2.75, 3.05) is 18.9 Å². The molecule has 110 valence electrons. The molecule has 0 spiro atoms. The monoisotopic (exact) mass is 276 g/mol. The van der Waals surface area contributed by atoms with Gasteiger partial charge in [-0.1, -0.05) is 26.0 Å². The van der Waals surface area contributed by atoms with Gasteiger partial charge in [-0.2, -0.15) is 0 Å². The number of nitrogens with zero attached hydrogens (tertiary/aromatic N) is 1. The minimum atomic E-state index is -0.394. The molecule has 1 unspecified atom stereocenters. The van der Waals surface area contributed by atoms with Gasteiger partial charge in [-0.15, -0.1) is 0 Å². The van der Waals surface area contributed by atoms with Crippen molar-refractivity contribution in [1.82, 2.24) is 4.90 Å². The van der Waals surface area contributed by atoms with Crippen LogP contribution in [0.2, 0.25) is 0 Å². The average Bonchev–Trinajstić information content (AvgIpc) is 3.23. The topological polar surface area (TPSA) is 52.6 Å². The summed E-state index contributed by atoms with van der Waals surface area (Å²) in [5.74, 6) is 0.867. The Labute approximate surface area is 120 Å². The molecule has 4 nitrogen and oxygen atoms in total. The smallest absolute Gasteiger partial charge is 0.321 e. The molecule has 0 aromatic heterocycles. The third kappa shape index (κ3) is 3.97. The zero-order chi connectivity index (χ0) is 14.7. The zero-order valence-electron chi connectivity index (χ0n) is 12.5. The number of hydrogen-bond acceptors (Lipinski definition) is 2. The first-order chi connectivity index (χ1) is 9.47. The minimum absolute atomic E-state index is 0.179. The molecule has 0 saturated heterocycles. The summed E-state index contributed by atoms with van der Waals surface area (Å²) in [7, 11) is 1.71. The van der Waals surface area contributed by atoms with Gasteiger partial charge in [0.05, 0.1) is 6.10 Å². The van der Waals surface area contributed by atoms with Crippen LogP contribution in [0.4, 0.5) is 10.5 Å². The van der Waals surface area contributed by atoms with Gasteiger partial charge < -0.3 is 15.3 Å². The van der Waals surface area contributed by atoms with Crippen molar-refractivity contribution in [3.63, 3.8) is 0 Å². The predicted molar refractivity (Wildman–Crippen MR) is 80.9 cm³/mol. The van der Waals surface area contributed by atoms with Crippen LogP contribution in [0.3, 0.4) is 0 Å². The number of benzene rings is 1. The number of urea groups is 1. The summed E-state index contributed by atoms with van der Waals surface area (Å²) in [5.41, 5.74) is 2.03. The maximum Gasteiger partial charge on any atom is 0.321 e. The molecule has 0 bridgehead atoms. The van der Waals surface area contributed by atoms with Crippen molar-refractivity contribution < 1.29 is 9.90 Å². The van der Waals surface area contributed by atoms with Gasteiger partial charge in [0.1, 0.15) is 0 Å². The van der Waals surface area contributed by atoms with Crippen molar-refractivity contribution >= 4 is 11.7 Å². The molecular weight excluding hydrogens is 252 g/mol. The zero-order valence-corrected chi connectivity index (χ0v) is 12.5. The lowest BCUT2D eigenvalue weighted by atomic mass is 10.0. The second-order valence-corrected chi connectivity index (χ2v) is 5.99. The van der Waals surface area contributed by atoms with E-state index in [0.29, 0.717) is 18.4 Å². The highest BCUT2D eigenvalue weighted by Crippen LogP contribution is 2.32. The molecule has 1 aromatic rings. The van der Waals surface area contributed by atoms with E-state index in [-0.39, 0.29) is 6.03 Å². The van der Waals surface area contributed by atoms with Crippen LogP contribution >= 0.6 is 0 Å². The highest BCUT2D eigenvalue weighted by atomic mass is 16.3. The van der Waals surface area contributed by atoms with Gasteiger partial charge in [-0.05, 0) is 42.4 Å². The van der Waals surface area contributed by atoms with E-state index in [1.54, 1.807) is 11.9 Å². The van der Waals surface area contributed by atoms with Crippen LogP contribution in [0.5, 0.6) is 0 Å². The molecule has 1 aliphatic rings. The summed E-state index contributed by atoms with van der Waals surface area (Å²) in [5, 5.41) is 12.7. The van der Waals surface area contributed by atoms with Crippen LogP contribution in [0.1, 0.15) is 38.2 Å². The minimum Gasteiger partial charge on any atom is -0.391 e. The Bertz CT molecular complexity index is 452. The molecule has 4 heteroatoms. The van der Waals surface area contributed by atoms with E-state index < -0.39 is 6.10 Å². The Morgan fingerprint density at radius 3 is 2.45 bits per heavy atom. The summed E-state index contributed by atoms with van der Waals surface area (Å²) >= 11 is 0. The molecule has 0 aliphatic heterocycles. The van der Waals surface area contributed by atoms with Crippen molar-refractivity contribution in [3.8, 4) is 0 Å². The van der Waals surface area contributed by atoms with E-state index in [4.69, 9.17) is 0 Å². The molecule has 2 rings (SSSR count). The standard InChI is InChI=1S/C16H24N2O2/c1-11(2)12-6-8-14(9-7-12)17-16(20)18(3)10-15(19)13-4-5-13/h6-9,11,13,15,19H,4-5,10H2,1-3H3,(H,17,20). The number of rotatable bonds is 5. The van der Waals surface area contributed by atoms with E-state index in [1.165, 1.54) is 5.56 Å². The van der Waals surface area contributed by atoms with Gasteiger partial charge in [-0.3, -0.25) is 0 Å². The largest absolute Gasteiger partial charge is 0.391 e. The second-order valence-electron chi connectivity index (χ2n) is 5.99. The van der Waals surface area contributed by atoms with Crippen molar-refractivity contribution in [3.05, 3.63) is 29.8 Å². The van der Waals surface area contributed by atoms with E-state index in [2.05, 4.69) is 19.2 Å². The number of amides is 2. The van der Waals surface area contributed by atoms with Crippen molar-refractivity contribution in [1.29, 1.82) is 0 Å². The van der Waals surface area contributed by atoms with Crippen LogP contribution < -0.4 is 5.32 Å². The highest BCUT2D eigenvalue weighted by molar-refractivity contribution is 5.89. The van der Waals surface area contributed by atoms with E-state index in [1.807, 2.05) is 24.3 Å². The predicted octanol–water partition coefficient (Wildman–Crippen LogP) is 3.04. The number of hydrogen-bond donors (Lipinski definition) is 2. The SMILES string of the molecule is CC(C)c1ccc(NC(=O)N(C)CC(O)C2CC2)cc1. The van der Waals surface area contributed by atoms with Gasteiger partial charge >= 0.3 is 6.03 Å². The van der Waals surface area contributed by atoms with E-state index in [9.17, 15) is 9.90 Å². The fourth-order valence-corrected chi connectivity index (χ4v) is 2.16.